The predicted octanol–water partition coefficient (Wildman–Crippen LogP) is 10.7. The maximum absolute atomic E-state index is 6.62. The quantitative estimate of drug-likeness (QED) is 0.203. The minimum atomic E-state index is -2.12. The second kappa shape index (κ2) is 14.0. The summed E-state index contributed by atoms with van der Waals surface area (Å²) in [6, 6.07) is 12.6. The summed E-state index contributed by atoms with van der Waals surface area (Å²) in [6.45, 7) is 31.4. The molecule has 0 aliphatic carbocycles. The fourth-order valence-electron chi connectivity index (χ4n) is 4.37. The monoisotopic (exact) mass is 644 g/mol. The first-order valence-corrected chi connectivity index (χ1v) is 24.4. The summed E-state index contributed by atoms with van der Waals surface area (Å²) >= 11 is 0. The van der Waals surface area contributed by atoms with Crippen LogP contribution in [0.5, 0.6) is 23.0 Å². The molecule has 5 nitrogen and oxygen atoms in total. The molecule has 0 N–H and O–H groups in total. The lowest BCUT2D eigenvalue weighted by atomic mass is 10.1. The van der Waals surface area contributed by atoms with Crippen LogP contribution in [0.1, 0.15) is 66.5 Å². The predicted molar refractivity (Wildman–Crippen MR) is 192 cm³/mol. The summed E-state index contributed by atoms with van der Waals surface area (Å²) in [5, 5.41) is 0.211. The van der Waals surface area contributed by atoms with Crippen molar-refractivity contribution in [3.05, 3.63) is 53.6 Å². The van der Waals surface area contributed by atoms with Gasteiger partial charge in [0.2, 0.25) is 0 Å². The first-order chi connectivity index (χ1) is 19.5. The van der Waals surface area contributed by atoms with Gasteiger partial charge in [-0.15, -0.1) is 0 Å². The molecule has 0 aromatic heterocycles. The van der Waals surface area contributed by atoms with Gasteiger partial charge < -0.3 is 22.8 Å². The molecule has 0 radical (unpaired) electrons. The molecule has 0 amide bonds. The van der Waals surface area contributed by atoms with E-state index < -0.39 is 25.0 Å². The number of hydrogen-bond donors (Lipinski definition) is 0. The van der Waals surface area contributed by atoms with Crippen LogP contribution in [-0.2, 0) is 10.8 Å². The highest BCUT2D eigenvalue weighted by molar-refractivity contribution is 6.75. The van der Waals surface area contributed by atoms with Crippen molar-refractivity contribution in [1.29, 1.82) is 0 Å². The van der Waals surface area contributed by atoms with Crippen molar-refractivity contribution in [3.8, 4) is 23.0 Å². The maximum Gasteiger partial charge on any atom is 0.250 e. The number of methoxy groups -OCH3 is 2. The molecule has 0 saturated heterocycles. The Labute approximate surface area is 266 Å². The molecule has 242 valence electrons. The molecule has 0 heterocycles. The third kappa shape index (κ3) is 10.00. The zero-order valence-electron chi connectivity index (χ0n) is 30.0. The van der Waals surface area contributed by atoms with Crippen LogP contribution in [-0.4, -0.2) is 45.3 Å². The minimum absolute atomic E-state index is 0.105. The molecule has 0 fully saturated rings. The van der Waals surface area contributed by atoms with Crippen molar-refractivity contribution in [1.82, 2.24) is 0 Å². The van der Waals surface area contributed by atoms with E-state index in [2.05, 4.69) is 137 Å². The molecule has 2 rings (SSSR count). The third-order valence-corrected chi connectivity index (χ3v) is 21.1. The topological polar surface area (TPSA) is 46.2 Å². The highest BCUT2D eigenvalue weighted by atomic mass is 28.4. The molecule has 43 heavy (non-hydrogen) atoms. The van der Waals surface area contributed by atoms with Gasteiger partial charge in [0.15, 0.2) is 19.8 Å². The van der Waals surface area contributed by atoms with Gasteiger partial charge in [-0.3, -0.25) is 0 Å². The summed E-state index contributed by atoms with van der Waals surface area (Å²) in [4.78, 5) is 0. The lowest BCUT2D eigenvalue weighted by Gasteiger charge is -2.37. The molecule has 1 unspecified atom stereocenters. The van der Waals surface area contributed by atoms with E-state index in [-0.39, 0.29) is 21.7 Å². The van der Waals surface area contributed by atoms with Gasteiger partial charge in [-0.05, 0) is 105 Å². The number of rotatable bonds is 13. The molecule has 2 aromatic rings. The van der Waals surface area contributed by atoms with Crippen LogP contribution in [0.15, 0.2) is 42.5 Å². The van der Waals surface area contributed by atoms with Gasteiger partial charge in [-0.1, -0.05) is 65.8 Å². The molecule has 0 aliphatic heterocycles. The zero-order valence-corrected chi connectivity index (χ0v) is 33.0. The molecule has 2 aromatic carbocycles. The van der Waals surface area contributed by atoms with Gasteiger partial charge in [0, 0.05) is 11.6 Å². The van der Waals surface area contributed by atoms with E-state index in [1.165, 1.54) is 5.56 Å². The van der Waals surface area contributed by atoms with Crippen LogP contribution in [0.2, 0.25) is 54.9 Å². The lowest BCUT2D eigenvalue weighted by Crippen LogP contribution is -2.43. The van der Waals surface area contributed by atoms with Gasteiger partial charge >= 0.3 is 0 Å². The zero-order chi connectivity index (χ0) is 33.0. The maximum atomic E-state index is 6.62. The minimum Gasteiger partial charge on any atom is -0.541 e. The Hall–Kier alpha value is -2.01. The molecule has 8 heteroatoms. The van der Waals surface area contributed by atoms with E-state index >= 15 is 0 Å². The van der Waals surface area contributed by atoms with Gasteiger partial charge in [0.1, 0.15) is 11.5 Å². The second-order valence-corrected chi connectivity index (χ2v) is 29.2. The lowest BCUT2D eigenvalue weighted by molar-refractivity contribution is 0.227. The van der Waals surface area contributed by atoms with Crippen molar-refractivity contribution in [3.63, 3.8) is 0 Å². The summed E-state index contributed by atoms with van der Waals surface area (Å²) in [7, 11) is -2.68. The van der Waals surface area contributed by atoms with Crippen LogP contribution in [0.3, 0.4) is 0 Å². The summed E-state index contributed by atoms with van der Waals surface area (Å²) in [5.41, 5.74) is 2.52. The molecular weight excluding hydrogens is 585 g/mol. The number of ether oxygens (including phenoxy) is 2. The second-order valence-electron chi connectivity index (χ2n) is 15.6. The van der Waals surface area contributed by atoms with Gasteiger partial charge in [0.25, 0.3) is 16.6 Å². The normalized spacial score (nSPS) is 14.3. The molecular formula is C35H60O5Si3. The van der Waals surface area contributed by atoms with Crippen molar-refractivity contribution in [2.45, 2.75) is 123 Å². The number of allylic oxidation sites excluding steroid dienone is 1. The standard InChI is InChI=1S/C35H60O5Si3/c1-26(2)38-41(11,12)29(23-28-19-22-31(33(25-28)37-10)40-43(15,16)35(6,7)8)20-17-27-18-21-30(32(24-27)36-9)39-42(13,14)34(3,4)5/h17-22,24-26,29H,23H2,1-16H3/b20-17+. The molecule has 0 saturated carbocycles. The largest absolute Gasteiger partial charge is 0.541 e. The molecule has 1 atom stereocenters. The number of hydrogen-bond acceptors (Lipinski definition) is 5. The summed E-state index contributed by atoms with van der Waals surface area (Å²) in [6.07, 6.45) is 5.54. The fraction of sp³-hybridized carbons (Fsp3) is 0.600. The van der Waals surface area contributed by atoms with E-state index in [0.717, 1.165) is 35.0 Å². The molecule has 0 aliphatic rings. The Morgan fingerprint density at radius 1 is 0.674 bits per heavy atom. The Balaban J connectivity index is 2.42. The summed E-state index contributed by atoms with van der Waals surface area (Å²) < 4.78 is 31.4. The van der Waals surface area contributed by atoms with Crippen LogP contribution >= 0.6 is 0 Å². The van der Waals surface area contributed by atoms with Gasteiger partial charge in [-0.2, -0.15) is 0 Å². The molecule has 0 bridgehead atoms. The van der Waals surface area contributed by atoms with Crippen molar-refractivity contribution >= 4 is 31.0 Å². The van der Waals surface area contributed by atoms with Crippen LogP contribution in [0.4, 0.5) is 0 Å². The Bertz CT molecular complexity index is 1240. The van der Waals surface area contributed by atoms with Crippen LogP contribution in [0.25, 0.3) is 6.08 Å². The Morgan fingerprint density at radius 3 is 1.58 bits per heavy atom. The highest BCUT2D eigenvalue weighted by Gasteiger charge is 2.40. The summed E-state index contributed by atoms with van der Waals surface area (Å²) in [5.74, 6) is 3.19. The van der Waals surface area contributed by atoms with Crippen molar-refractivity contribution in [2.75, 3.05) is 14.2 Å². The van der Waals surface area contributed by atoms with E-state index in [1.807, 2.05) is 6.07 Å². The van der Waals surface area contributed by atoms with E-state index in [4.69, 9.17) is 22.8 Å². The Morgan fingerprint density at radius 2 is 1.14 bits per heavy atom. The first-order valence-electron chi connectivity index (χ1n) is 15.6. The highest BCUT2D eigenvalue weighted by Crippen LogP contribution is 2.42. The average molecular weight is 645 g/mol. The average Bonchev–Trinajstić information content (AvgIpc) is 2.85. The van der Waals surface area contributed by atoms with Crippen molar-refractivity contribution in [2.24, 2.45) is 0 Å². The van der Waals surface area contributed by atoms with Crippen molar-refractivity contribution < 1.29 is 22.8 Å². The fourth-order valence-corrected chi connectivity index (χ4v) is 9.10. The van der Waals surface area contributed by atoms with Gasteiger partial charge in [-0.25, -0.2) is 0 Å². The van der Waals surface area contributed by atoms with Gasteiger partial charge in [0.05, 0.1) is 14.2 Å². The van der Waals surface area contributed by atoms with Crippen LogP contribution < -0.4 is 18.3 Å². The first kappa shape index (κ1) is 37.2. The molecule has 0 spiro atoms. The third-order valence-electron chi connectivity index (χ3n) is 9.17. The number of benzene rings is 2. The van der Waals surface area contributed by atoms with E-state index in [0.29, 0.717) is 0 Å². The SMILES string of the molecule is COc1cc(/C=C/C(Cc2ccc(O[Si](C)(C)C(C)(C)C)c(OC)c2)[Si](C)(C)OC(C)C)ccc1O[Si](C)(C)C(C)(C)C. The van der Waals surface area contributed by atoms with Crippen LogP contribution in [0, 0.1) is 0 Å². The van der Waals surface area contributed by atoms with E-state index in [9.17, 15) is 0 Å². The van der Waals surface area contributed by atoms with E-state index in [1.54, 1.807) is 14.2 Å². The Kier molecular flexibility index (Phi) is 12.1. The smallest absolute Gasteiger partial charge is 0.250 e.